The van der Waals surface area contributed by atoms with Crippen molar-refractivity contribution in [2.75, 3.05) is 0 Å². The van der Waals surface area contributed by atoms with E-state index >= 15 is 0 Å². The Hall–Kier alpha value is -1.68. The first-order valence-electron chi connectivity index (χ1n) is 7.87. The van der Waals surface area contributed by atoms with Crippen LogP contribution in [0.25, 0.3) is 0 Å². The van der Waals surface area contributed by atoms with E-state index < -0.39 is 0 Å². The number of rotatable bonds is 5. The molecule has 1 atom stereocenters. The number of fused-ring (bicyclic) bond motifs is 1. The molecule has 2 aromatic rings. The Labute approximate surface area is 126 Å². The maximum atomic E-state index is 6.40. The van der Waals surface area contributed by atoms with Crippen LogP contribution >= 0.6 is 0 Å². The lowest BCUT2D eigenvalue weighted by atomic mass is 9.99. The summed E-state index contributed by atoms with van der Waals surface area (Å²) in [5.41, 5.74) is 10.6. The van der Waals surface area contributed by atoms with Crippen molar-refractivity contribution in [3.63, 3.8) is 0 Å². The Balaban J connectivity index is 1.74. The number of aryl methyl sites for hydroxylation is 2. The number of hydrogen-bond donors (Lipinski definition) is 1. The van der Waals surface area contributed by atoms with Gasteiger partial charge in [0.05, 0.1) is 0 Å². The zero-order valence-electron chi connectivity index (χ0n) is 12.9. The Bertz CT molecular complexity index is 615. The van der Waals surface area contributed by atoms with E-state index in [1.807, 2.05) is 4.68 Å². The van der Waals surface area contributed by atoms with Gasteiger partial charge >= 0.3 is 0 Å². The second-order valence-corrected chi connectivity index (χ2v) is 6.44. The lowest BCUT2D eigenvalue weighted by Gasteiger charge is -2.15. The summed E-state index contributed by atoms with van der Waals surface area (Å²) in [4.78, 5) is 4.38. The average Bonchev–Trinajstić information content (AvgIpc) is 3.06. The van der Waals surface area contributed by atoms with Gasteiger partial charge in [-0.3, -0.25) is 0 Å². The normalized spacial score (nSPS) is 15.4. The Kier molecular flexibility index (Phi) is 4.06. The third-order valence-electron chi connectivity index (χ3n) is 4.19. The van der Waals surface area contributed by atoms with E-state index in [1.165, 1.54) is 36.0 Å². The molecule has 0 saturated heterocycles. The Morgan fingerprint density at radius 3 is 2.86 bits per heavy atom. The molecule has 1 aromatic heterocycles. The molecule has 2 N–H and O–H groups in total. The number of nitrogens with zero attached hydrogens (tertiary/aromatic N) is 3. The van der Waals surface area contributed by atoms with Gasteiger partial charge in [0, 0.05) is 19.0 Å². The average molecular weight is 284 g/mol. The highest BCUT2D eigenvalue weighted by atomic mass is 15.3. The van der Waals surface area contributed by atoms with Crippen molar-refractivity contribution in [2.45, 2.75) is 52.1 Å². The summed E-state index contributed by atoms with van der Waals surface area (Å²) in [6.07, 6.45) is 6.06. The fourth-order valence-electron chi connectivity index (χ4n) is 3.08. The maximum absolute atomic E-state index is 6.40. The van der Waals surface area contributed by atoms with Crippen LogP contribution in [0.1, 0.15) is 48.8 Å². The van der Waals surface area contributed by atoms with Gasteiger partial charge in [-0.1, -0.05) is 32.0 Å². The zero-order valence-corrected chi connectivity index (χ0v) is 12.9. The van der Waals surface area contributed by atoms with E-state index in [4.69, 9.17) is 5.73 Å². The second-order valence-electron chi connectivity index (χ2n) is 6.44. The molecule has 21 heavy (non-hydrogen) atoms. The fraction of sp³-hybridized carbons (Fsp3) is 0.529. The van der Waals surface area contributed by atoms with Crippen LogP contribution in [-0.4, -0.2) is 14.8 Å². The molecule has 0 aliphatic heterocycles. The summed E-state index contributed by atoms with van der Waals surface area (Å²) in [5.74, 6) is 1.54. The molecular formula is C17H24N4. The fourth-order valence-corrected chi connectivity index (χ4v) is 3.08. The van der Waals surface area contributed by atoms with Crippen molar-refractivity contribution >= 4 is 0 Å². The van der Waals surface area contributed by atoms with Gasteiger partial charge in [0.25, 0.3) is 0 Å². The van der Waals surface area contributed by atoms with Crippen LogP contribution in [0.3, 0.4) is 0 Å². The predicted molar refractivity (Wildman–Crippen MR) is 84.0 cm³/mol. The van der Waals surface area contributed by atoms with Crippen molar-refractivity contribution < 1.29 is 0 Å². The van der Waals surface area contributed by atoms with Crippen molar-refractivity contribution in [1.29, 1.82) is 0 Å². The van der Waals surface area contributed by atoms with Gasteiger partial charge in [-0.05, 0) is 41.9 Å². The molecule has 0 radical (unpaired) electrons. The van der Waals surface area contributed by atoms with Gasteiger partial charge < -0.3 is 5.73 Å². The molecule has 1 unspecified atom stereocenters. The first-order chi connectivity index (χ1) is 10.1. The summed E-state index contributed by atoms with van der Waals surface area (Å²) < 4.78 is 1.98. The van der Waals surface area contributed by atoms with Crippen LogP contribution in [0, 0.1) is 5.92 Å². The lowest BCUT2D eigenvalue weighted by Crippen LogP contribution is -2.18. The van der Waals surface area contributed by atoms with E-state index in [-0.39, 0.29) is 6.04 Å². The van der Waals surface area contributed by atoms with Crippen LogP contribution in [0.5, 0.6) is 0 Å². The molecular weight excluding hydrogens is 260 g/mol. The predicted octanol–water partition coefficient (Wildman–Crippen LogP) is 2.67. The quantitative estimate of drug-likeness (QED) is 0.918. The minimum Gasteiger partial charge on any atom is -0.324 e. The highest BCUT2D eigenvalue weighted by Crippen LogP contribution is 2.25. The van der Waals surface area contributed by atoms with Crippen molar-refractivity contribution in [3.8, 4) is 0 Å². The van der Waals surface area contributed by atoms with Crippen molar-refractivity contribution in [2.24, 2.45) is 11.7 Å². The molecule has 4 nitrogen and oxygen atoms in total. The number of hydrogen-bond acceptors (Lipinski definition) is 3. The molecule has 0 bridgehead atoms. The first-order valence-corrected chi connectivity index (χ1v) is 7.87. The summed E-state index contributed by atoms with van der Waals surface area (Å²) >= 11 is 0. The standard InChI is InChI=1S/C17H24N4/c1-12(2)10-21-17(19-11-20-21)9-16(18)15-7-6-13-4-3-5-14(13)8-15/h6-8,11-12,16H,3-5,9-10,18H2,1-2H3. The summed E-state index contributed by atoms with van der Waals surface area (Å²) in [7, 11) is 0. The monoisotopic (exact) mass is 284 g/mol. The van der Waals surface area contributed by atoms with Crippen LogP contribution in [-0.2, 0) is 25.8 Å². The van der Waals surface area contributed by atoms with Gasteiger partial charge in [0.15, 0.2) is 0 Å². The minimum atomic E-state index is -0.00832. The number of nitrogens with two attached hydrogens (primary N) is 1. The van der Waals surface area contributed by atoms with Crippen LogP contribution < -0.4 is 5.73 Å². The van der Waals surface area contributed by atoms with Gasteiger partial charge in [0.1, 0.15) is 12.2 Å². The zero-order chi connectivity index (χ0) is 14.8. The molecule has 0 spiro atoms. The van der Waals surface area contributed by atoms with Crippen molar-refractivity contribution in [3.05, 3.63) is 47.0 Å². The van der Waals surface area contributed by atoms with Gasteiger partial charge in [-0.15, -0.1) is 0 Å². The molecule has 1 aliphatic carbocycles. The molecule has 112 valence electrons. The molecule has 1 heterocycles. The lowest BCUT2D eigenvalue weighted by molar-refractivity contribution is 0.459. The Morgan fingerprint density at radius 1 is 1.24 bits per heavy atom. The third kappa shape index (κ3) is 3.16. The SMILES string of the molecule is CC(C)Cn1ncnc1CC(N)c1ccc2c(c1)CCC2. The molecule has 0 amide bonds. The van der Waals surface area contributed by atoms with E-state index in [1.54, 1.807) is 6.33 Å². The number of benzene rings is 1. The van der Waals surface area contributed by atoms with E-state index in [9.17, 15) is 0 Å². The molecule has 0 fully saturated rings. The molecule has 1 aliphatic rings. The van der Waals surface area contributed by atoms with Crippen LogP contribution in [0.15, 0.2) is 24.5 Å². The molecule has 3 rings (SSSR count). The van der Waals surface area contributed by atoms with E-state index in [2.05, 4.69) is 42.1 Å². The molecule has 0 saturated carbocycles. The largest absolute Gasteiger partial charge is 0.324 e. The highest BCUT2D eigenvalue weighted by molar-refractivity contribution is 5.36. The van der Waals surface area contributed by atoms with Gasteiger partial charge in [-0.2, -0.15) is 5.10 Å². The van der Waals surface area contributed by atoms with Gasteiger partial charge in [-0.25, -0.2) is 9.67 Å². The Morgan fingerprint density at radius 2 is 2.05 bits per heavy atom. The summed E-state index contributed by atoms with van der Waals surface area (Å²) in [5, 5.41) is 4.31. The van der Waals surface area contributed by atoms with Crippen LogP contribution in [0.2, 0.25) is 0 Å². The minimum absolute atomic E-state index is 0.00832. The topological polar surface area (TPSA) is 56.7 Å². The molecule has 1 aromatic carbocycles. The smallest absolute Gasteiger partial charge is 0.138 e. The molecule has 4 heteroatoms. The van der Waals surface area contributed by atoms with Crippen LogP contribution in [0.4, 0.5) is 0 Å². The van der Waals surface area contributed by atoms with E-state index in [0.717, 1.165) is 18.8 Å². The summed E-state index contributed by atoms with van der Waals surface area (Å²) in [6, 6.07) is 6.70. The van der Waals surface area contributed by atoms with Crippen molar-refractivity contribution in [1.82, 2.24) is 14.8 Å². The van der Waals surface area contributed by atoms with E-state index in [0.29, 0.717) is 5.92 Å². The maximum Gasteiger partial charge on any atom is 0.138 e. The highest BCUT2D eigenvalue weighted by Gasteiger charge is 2.16. The number of aromatic nitrogens is 3. The second kappa shape index (κ2) is 5.98. The third-order valence-corrected chi connectivity index (χ3v) is 4.19. The summed E-state index contributed by atoms with van der Waals surface area (Å²) in [6.45, 7) is 5.27. The first kappa shape index (κ1) is 14.3. The van der Waals surface area contributed by atoms with Gasteiger partial charge in [0.2, 0.25) is 0 Å².